The van der Waals surface area contributed by atoms with Crippen LogP contribution in [0.15, 0.2) is 48.8 Å². The van der Waals surface area contributed by atoms with Gasteiger partial charge in [-0.2, -0.15) is 0 Å². The van der Waals surface area contributed by atoms with Crippen LogP contribution in [-0.4, -0.2) is 30.6 Å². The van der Waals surface area contributed by atoms with E-state index in [9.17, 15) is 4.79 Å². The number of hydrogen-bond donors (Lipinski definition) is 1. The summed E-state index contributed by atoms with van der Waals surface area (Å²) in [6.07, 6.45) is 3.02. The van der Waals surface area contributed by atoms with E-state index in [2.05, 4.69) is 15.2 Å². The van der Waals surface area contributed by atoms with Gasteiger partial charge in [0.2, 0.25) is 6.39 Å². The van der Waals surface area contributed by atoms with E-state index in [1.165, 1.54) is 0 Å². The Morgan fingerprint density at radius 1 is 1.41 bits per heavy atom. The van der Waals surface area contributed by atoms with E-state index in [1.54, 1.807) is 6.20 Å². The van der Waals surface area contributed by atoms with Crippen LogP contribution in [0, 0.1) is 0 Å². The molecule has 1 fully saturated rings. The lowest BCUT2D eigenvalue weighted by molar-refractivity contribution is -0.110. The number of pyridine rings is 1. The van der Waals surface area contributed by atoms with Crippen LogP contribution in [0.5, 0.6) is 5.75 Å². The fraction of sp³-hybridized carbons (Fsp3) is 0.294. The van der Waals surface area contributed by atoms with E-state index in [4.69, 9.17) is 6.11 Å². The first-order valence-corrected chi connectivity index (χ1v) is 7.30. The number of aromatic nitrogens is 1. The zero-order valence-electron chi connectivity index (χ0n) is 13.4. The third-order valence-electron chi connectivity index (χ3n) is 3.82. The fourth-order valence-electron chi connectivity index (χ4n) is 2.46. The van der Waals surface area contributed by atoms with Crippen molar-refractivity contribution in [2.24, 2.45) is 0 Å². The number of rotatable bonds is 5. The van der Waals surface area contributed by atoms with Gasteiger partial charge in [0.1, 0.15) is 13.2 Å². The van der Waals surface area contributed by atoms with E-state index in [0.717, 1.165) is 30.1 Å². The Labute approximate surface area is 131 Å². The number of benzene rings is 1. The second kappa shape index (κ2) is 6.47. The summed E-state index contributed by atoms with van der Waals surface area (Å²) in [5, 5.41) is 2.54. The first-order chi connectivity index (χ1) is 11.1. The number of nitrogens with one attached hydrogen (secondary N) is 1. The molecule has 0 aliphatic carbocycles. The van der Waals surface area contributed by atoms with Crippen molar-refractivity contribution in [3.8, 4) is 5.75 Å². The highest BCUT2D eigenvalue weighted by Crippen LogP contribution is 2.24. The standard InChI is InChI=1S/C17H19N3O2/c1-13(19-12-21)14-4-6-16(7-5-14)22-17-10-20(11-17)15-3-2-8-18-9-15/h2-9,12-13,17H,10-11H2,1H3,(H,19,21)/t13-/m0/s1/i12T. The maximum absolute atomic E-state index is 10.8. The molecule has 1 aromatic heterocycles. The Kier molecular flexibility index (Phi) is 3.86. The quantitative estimate of drug-likeness (QED) is 0.860. The first-order valence-electron chi connectivity index (χ1n) is 7.80. The summed E-state index contributed by atoms with van der Waals surface area (Å²) < 4.78 is 12.9. The van der Waals surface area contributed by atoms with Gasteiger partial charge >= 0.3 is 0 Å². The van der Waals surface area contributed by atoms with E-state index >= 15 is 0 Å². The summed E-state index contributed by atoms with van der Waals surface area (Å²) in [5.74, 6) is 0.814. The minimum Gasteiger partial charge on any atom is -0.487 e. The topological polar surface area (TPSA) is 54.5 Å². The molecule has 114 valence electrons. The SMILES string of the molecule is [3H]C(=O)N[C@@H](C)c1ccc(OC2CN(c3cccnc3)C2)cc1. The van der Waals surface area contributed by atoms with E-state index in [0.29, 0.717) is 0 Å². The van der Waals surface area contributed by atoms with Gasteiger partial charge in [-0.15, -0.1) is 0 Å². The van der Waals surface area contributed by atoms with E-state index in [1.807, 2.05) is 49.5 Å². The number of nitrogens with zero attached hydrogens (tertiary/aromatic N) is 2. The minimum atomic E-state index is -0.775. The highest BCUT2D eigenvalue weighted by Gasteiger charge is 2.28. The van der Waals surface area contributed by atoms with Crippen molar-refractivity contribution in [1.29, 1.82) is 0 Å². The van der Waals surface area contributed by atoms with Crippen LogP contribution in [0.2, 0.25) is 0 Å². The van der Waals surface area contributed by atoms with Crippen molar-refractivity contribution < 1.29 is 10.9 Å². The maximum atomic E-state index is 10.8. The molecular formula is C17H19N3O2. The van der Waals surface area contributed by atoms with Crippen LogP contribution in [0.4, 0.5) is 5.69 Å². The average molecular weight is 299 g/mol. The van der Waals surface area contributed by atoms with E-state index in [-0.39, 0.29) is 12.1 Å². The van der Waals surface area contributed by atoms with Crippen molar-refractivity contribution >= 4 is 12.1 Å². The molecule has 1 aliphatic rings. The van der Waals surface area contributed by atoms with Gasteiger partial charge in [0.25, 0.3) is 0 Å². The Bertz CT molecular complexity index is 657. The number of carbonyl (C=O) groups excluding carboxylic acids is 1. The Morgan fingerprint density at radius 2 is 2.18 bits per heavy atom. The molecule has 0 saturated carbocycles. The van der Waals surface area contributed by atoms with Gasteiger partial charge in [-0.05, 0) is 36.8 Å². The molecule has 2 heterocycles. The molecule has 1 saturated heterocycles. The number of carbonyl (C=O) groups is 1. The predicted molar refractivity (Wildman–Crippen MR) is 84.9 cm³/mol. The molecular weight excluding hydrogens is 278 g/mol. The predicted octanol–water partition coefficient (Wildman–Crippen LogP) is 2.16. The first kappa shape index (κ1) is 13.1. The van der Waals surface area contributed by atoms with Crippen LogP contribution in [-0.2, 0) is 4.79 Å². The van der Waals surface area contributed by atoms with Gasteiger partial charge in [0.15, 0.2) is 0 Å². The molecule has 0 spiro atoms. The maximum Gasteiger partial charge on any atom is 0.207 e. The normalized spacial score (nSPS) is 16.4. The zero-order chi connectivity index (χ0) is 16.2. The number of hydrogen-bond acceptors (Lipinski definition) is 4. The number of amides is 1. The highest BCUT2D eigenvalue weighted by molar-refractivity contribution is 5.48. The molecule has 2 aromatic rings. The Hall–Kier alpha value is -2.56. The fourth-order valence-corrected chi connectivity index (χ4v) is 2.46. The smallest absolute Gasteiger partial charge is 0.207 e. The molecule has 1 N–H and O–H groups in total. The molecule has 5 heteroatoms. The molecule has 22 heavy (non-hydrogen) atoms. The van der Waals surface area contributed by atoms with E-state index < -0.39 is 6.39 Å². The lowest BCUT2D eigenvalue weighted by Gasteiger charge is -2.40. The molecule has 0 unspecified atom stereocenters. The van der Waals surface area contributed by atoms with Crippen LogP contribution < -0.4 is 15.0 Å². The second-order valence-corrected chi connectivity index (χ2v) is 5.39. The minimum absolute atomic E-state index is 0.173. The van der Waals surface area contributed by atoms with Gasteiger partial charge in [0.05, 0.1) is 31.0 Å². The van der Waals surface area contributed by atoms with Crippen LogP contribution in [0.1, 0.15) is 19.9 Å². The van der Waals surface area contributed by atoms with Gasteiger partial charge in [-0.1, -0.05) is 12.1 Å². The number of anilines is 1. The summed E-state index contributed by atoms with van der Waals surface area (Å²) in [4.78, 5) is 17.1. The summed E-state index contributed by atoms with van der Waals surface area (Å²) in [7, 11) is 0. The summed E-state index contributed by atoms with van der Waals surface area (Å²) in [5.41, 5.74) is 2.06. The lowest BCUT2D eigenvalue weighted by Crippen LogP contribution is -2.54. The molecule has 1 amide bonds. The largest absolute Gasteiger partial charge is 0.487 e. The molecule has 1 aliphatic heterocycles. The third-order valence-corrected chi connectivity index (χ3v) is 3.82. The highest BCUT2D eigenvalue weighted by atomic mass is 16.5. The molecule has 3 rings (SSSR count). The van der Waals surface area contributed by atoms with Gasteiger partial charge in [-0.25, -0.2) is 0 Å². The van der Waals surface area contributed by atoms with Crippen LogP contribution in [0.3, 0.4) is 0 Å². The summed E-state index contributed by atoms with van der Waals surface area (Å²) >= 11 is 0. The Morgan fingerprint density at radius 3 is 2.82 bits per heavy atom. The zero-order valence-corrected chi connectivity index (χ0v) is 12.4. The van der Waals surface area contributed by atoms with Crippen molar-refractivity contribution in [2.45, 2.75) is 19.1 Å². The molecule has 5 nitrogen and oxygen atoms in total. The summed E-state index contributed by atoms with van der Waals surface area (Å²) in [6, 6.07) is 11.4. The van der Waals surface area contributed by atoms with Crippen LogP contribution in [0.25, 0.3) is 0 Å². The Balaban J connectivity index is 1.51. The number of ether oxygens (including phenoxy) is 1. The second-order valence-electron chi connectivity index (χ2n) is 5.39. The molecule has 1 aromatic carbocycles. The van der Waals surface area contributed by atoms with Gasteiger partial charge in [-0.3, -0.25) is 9.78 Å². The van der Waals surface area contributed by atoms with Crippen molar-refractivity contribution in [3.63, 3.8) is 0 Å². The third kappa shape index (κ3) is 3.19. The van der Waals surface area contributed by atoms with Crippen LogP contribution >= 0.6 is 0 Å². The van der Waals surface area contributed by atoms with Crippen molar-refractivity contribution in [3.05, 3.63) is 54.4 Å². The van der Waals surface area contributed by atoms with Crippen molar-refractivity contribution in [2.75, 3.05) is 18.0 Å². The summed E-state index contributed by atoms with van der Waals surface area (Å²) in [6.45, 7) is 3.54. The van der Waals surface area contributed by atoms with Gasteiger partial charge < -0.3 is 15.0 Å². The molecule has 1 atom stereocenters. The monoisotopic (exact) mass is 299 g/mol. The van der Waals surface area contributed by atoms with Gasteiger partial charge in [0, 0.05) is 6.20 Å². The van der Waals surface area contributed by atoms with Crippen molar-refractivity contribution in [1.82, 2.24) is 10.3 Å². The molecule has 0 radical (unpaired) electrons. The average Bonchev–Trinajstić information content (AvgIpc) is 2.51. The molecule has 0 bridgehead atoms. The lowest BCUT2D eigenvalue weighted by atomic mass is 10.1.